The molecule has 1 unspecified atom stereocenters. The summed E-state index contributed by atoms with van der Waals surface area (Å²) >= 11 is 0. The third-order valence-electron chi connectivity index (χ3n) is 6.49. The van der Waals surface area contributed by atoms with E-state index < -0.39 is 29.5 Å². The first-order chi connectivity index (χ1) is 17.1. The predicted octanol–water partition coefficient (Wildman–Crippen LogP) is 5.65. The fourth-order valence-corrected chi connectivity index (χ4v) is 4.79. The molecule has 9 heteroatoms. The van der Waals surface area contributed by atoms with Crippen molar-refractivity contribution >= 4 is 17.5 Å². The summed E-state index contributed by atoms with van der Waals surface area (Å²) in [4.78, 5) is 30.3. The number of carbonyl (C=O) groups excluding carboxylic acids is 2. The summed E-state index contributed by atoms with van der Waals surface area (Å²) in [5.74, 6) is -1.25. The van der Waals surface area contributed by atoms with Crippen LogP contribution in [0.4, 0.5) is 13.2 Å². The molecule has 0 aromatic heterocycles. The maximum absolute atomic E-state index is 13.0. The first kappa shape index (κ1) is 25.5. The highest BCUT2D eigenvalue weighted by Gasteiger charge is 2.43. The van der Waals surface area contributed by atoms with Gasteiger partial charge in [0.2, 0.25) is 0 Å². The zero-order valence-corrected chi connectivity index (χ0v) is 20.1. The number of rotatable bonds is 6. The van der Waals surface area contributed by atoms with Crippen molar-refractivity contribution in [2.75, 3.05) is 14.2 Å². The van der Waals surface area contributed by atoms with Crippen molar-refractivity contribution in [3.05, 3.63) is 70.4 Å². The fraction of sp³-hybridized carbons (Fsp3) is 0.370. The zero-order valence-electron chi connectivity index (χ0n) is 20.1. The normalized spacial score (nSPS) is 19.9. The molecule has 0 N–H and O–H groups in total. The molecule has 1 aliphatic heterocycles. The predicted molar refractivity (Wildman–Crippen MR) is 126 cm³/mol. The molecule has 2 atom stereocenters. The van der Waals surface area contributed by atoms with Crippen LogP contribution in [0.3, 0.4) is 0 Å². The van der Waals surface area contributed by atoms with Crippen LogP contribution in [0.25, 0.3) is 0 Å². The first-order valence-corrected chi connectivity index (χ1v) is 11.5. The van der Waals surface area contributed by atoms with E-state index in [1.807, 2.05) is 0 Å². The Labute approximate surface area is 206 Å². The summed E-state index contributed by atoms with van der Waals surface area (Å²) in [5, 5.41) is 0. The van der Waals surface area contributed by atoms with Crippen molar-refractivity contribution in [2.45, 2.75) is 44.9 Å². The molecule has 0 bridgehead atoms. The number of carbonyl (C=O) groups is 2. The van der Waals surface area contributed by atoms with Crippen molar-refractivity contribution < 1.29 is 37.0 Å². The maximum atomic E-state index is 13.0. The first-order valence-electron chi connectivity index (χ1n) is 11.5. The Hall–Kier alpha value is -3.62. The minimum absolute atomic E-state index is 0.0461. The Balaban J connectivity index is 1.67. The Bertz CT molecular complexity index is 1250. The maximum Gasteiger partial charge on any atom is 0.416 e. The standard InChI is InChI=1S/C27H26F3NO5/c1-15-23(26(33)35-3)24(25-19(31-15)8-5-9-20(25)32)17-10-11-21(22(13-17)34-2)36-14-16-6-4-7-18(12-16)27(28,29)30/h4,6-7,10-13,23-24H,5,8-9,14H2,1-3H3/t23?,24-/m1/s1. The Morgan fingerprint density at radius 3 is 2.56 bits per heavy atom. The van der Waals surface area contributed by atoms with Gasteiger partial charge in [0.05, 0.1) is 19.8 Å². The number of esters is 1. The molecule has 0 saturated heterocycles. The molecule has 190 valence electrons. The lowest BCUT2D eigenvalue weighted by Crippen LogP contribution is -2.36. The molecule has 6 nitrogen and oxygen atoms in total. The number of ketones is 1. The molecule has 0 radical (unpaired) electrons. The molecule has 1 heterocycles. The van der Waals surface area contributed by atoms with Crippen molar-refractivity contribution in [3.8, 4) is 11.5 Å². The minimum atomic E-state index is -4.45. The van der Waals surface area contributed by atoms with Gasteiger partial charge >= 0.3 is 12.1 Å². The lowest BCUT2D eigenvalue weighted by Gasteiger charge is -2.34. The molecule has 0 fully saturated rings. The van der Waals surface area contributed by atoms with Gasteiger partial charge in [-0.05, 0) is 55.2 Å². The van der Waals surface area contributed by atoms with Crippen LogP contribution >= 0.6 is 0 Å². The van der Waals surface area contributed by atoms with E-state index >= 15 is 0 Å². The van der Waals surface area contributed by atoms with E-state index in [-0.39, 0.29) is 12.4 Å². The third kappa shape index (κ3) is 5.01. The lowest BCUT2D eigenvalue weighted by atomic mass is 9.71. The van der Waals surface area contributed by atoms with E-state index in [1.165, 1.54) is 20.3 Å². The molecule has 0 spiro atoms. The number of allylic oxidation sites excluding steroid dienone is 2. The van der Waals surface area contributed by atoms with Crippen LogP contribution in [0.2, 0.25) is 0 Å². The Morgan fingerprint density at radius 2 is 1.86 bits per heavy atom. The lowest BCUT2D eigenvalue weighted by molar-refractivity contribution is -0.143. The summed E-state index contributed by atoms with van der Waals surface area (Å²) in [5.41, 5.74) is 2.04. The number of ether oxygens (including phenoxy) is 3. The highest BCUT2D eigenvalue weighted by atomic mass is 19.4. The van der Waals surface area contributed by atoms with Gasteiger partial charge in [0, 0.05) is 29.3 Å². The summed E-state index contributed by atoms with van der Waals surface area (Å²) in [6, 6.07) is 9.96. The highest BCUT2D eigenvalue weighted by Crippen LogP contribution is 2.45. The van der Waals surface area contributed by atoms with Crippen LogP contribution < -0.4 is 9.47 Å². The molecule has 2 aromatic carbocycles. The van der Waals surface area contributed by atoms with E-state index in [1.54, 1.807) is 31.2 Å². The van der Waals surface area contributed by atoms with Crippen LogP contribution in [0.5, 0.6) is 11.5 Å². The molecular formula is C27H26F3NO5. The molecule has 0 saturated carbocycles. The number of aliphatic imine (C=N–C) groups is 1. The van der Waals surface area contributed by atoms with Crippen LogP contribution in [-0.2, 0) is 27.1 Å². The average Bonchev–Trinajstić information content (AvgIpc) is 2.86. The highest BCUT2D eigenvalue weighted by molar-refractivity contribution is 6.08. The van der Waals surface area contributed by atoms with Gasteiger partial charge in [-0.3, -0.25) is 14.6 Å². The van der Waals surface area contributed by atoms with Gasteiger partial charge in [-0.1, -0.05) is 18.2 Å². The van der Waals surface area contributed by atoms with Crippen molar-refractivity contribution in [1.82, 2.24) is 0 Å². The van der Waals surface area contributed by atoms with Gasteiger partial charge in [-0.2, -0.15) is 13.2 Å². The van der Waals surface area contributed by atoms with Gasteiger partial charge in [0.25, 0.3) is 0 Å². The van der Waals surface area contributed by atoms with Gasteiger partial charge in [0.15, 0.2) is 17.3 Å². The van der Waals surface area contributed by atoms with Gasteiger partial charge in [-0.15, -0.1) is 0 Å². The second kappa shape index (κ2) is 10.2. The second-order valence-corrected chi connectivity index (χ2v) is 8.77. The van der Waals surface area contributed by atoms with Crippen LogP contribution in [-0.4, -0.2) is 31.7 Å². The largest absolute Gasteiger partial charge is 0.493 e. The third-order valence-corrected chi connectivity index (χ3v) is 6.49. The van der Waals surface area contributed by atoms with E-state index in [9.17, 15) is 22.8 Å². The quantitative estimate of drug-likeness (QED) is 0.479. The molecule has 2 aliphatic rings. The van der Waals surface area contributed by atoms with Crippen molar-refractivity contribution in [2.24, 2.45) is 10.9 Å². The number of Topliss-reactive ketones (excluding diaryl/α,β-unsaturated/α-hetero) is 1. The number of halogens is 3. The molecule has 2 aromatic rings. The molecule has 1 aliphatic carbocycles. The van der Waals surface area contributed by atoms with Gasteiger partial charge in [0.1, 0.15) is 12.5 Å². The van der Waals surface area contributed by atoms with Gasteiger partial charge < -0.3 is 14.2 Å². The van der Waals surface area contributed by atoms with Gasteiger partial charge in [-0.25, -0.2) is 0 Å². The van der Waals surface area contributed by atoms with E-state index in [0.29, 0.717) is 58.9 Å². The van der Waals surface area contributed by atoms with Crippen LogP contribution in [0.15, 0.2) is 58.7 Å². The summed E-state index contributed by atoms with van der Waals surface area (Å²) in [7, 11) is 2.74. The van der Waals surface area contributed by atoms with Crippen molar-refractivity contribution in [1.29, 1.82) is 0 Å². The monoisotopic (exact) mass is 501 g/mol. The number of alkyl halides is 3. The summed E-state index contributed by atoms with van der Waals surface area (Å²) in [6.07, 6.45) is -2.71. The average molecular weight is 502 g/mol. The van der Waals surface area contributed by atoms with E-state index in [2.05, 4.69) is 4.99 Å². The Morgan fingerprint density at radius 1 is 1.08 bits per heavy atom. The van der Waals surface area contributed by atoms with E-state index in [4.69, 9.17) is 14.2 Å². The number of nitrogens with zero attached hydrogens (tertiary/aromatic N) is 1. The molecule has 0 amide bonds. The topological polar surface area (TPSA) is 74.2 Å². The summed E-state index contributed by atoms with van der Waals surface area (Å²) < 4.78 is 55.4. The molecule has 4 rings (SSSR count). The number of hydrogen-bond acceptors (Lipinski definition) is 6. The number of hydrogen-bond donors (Lipinski definition) is 0. The summed E-state index contributed by atoms with van der Waals surface area (Å²) in [6.45, 7) is 1.65. The number of methoxy groups -OCH3 is 2. The van der Waals surface area contributed by atoms with Crippen LogP contribution in [0, 0.1) is 5.92 Å². The fourth-order valence-electron chi connectivity index (χ4n) is 4.79. The van der Waals surface area contributed by atoms with Crippen molar-refractivity contribution in [3.63, 3.8) is 0 Å². The van der Waals surface area contributed by atoms with E-state index in [0.717, 1.165) is 12.1 Å². The molecule has 36 heavy (non-hydrogen) atoms. The second-order valence-electron chi connectivity index (χ2n) is 8.77. The Kier molecular flexibility index (Phi) is 7.19. The smallest absolute Gasteiger partial charge is 0.416 e. The number of benzene rings is 2. The minimum Gasteiger partial charge on any atom is -0.493 e. The SMILES string of the molecule is COC(=O)C1C(C)=NC2=C(C(=O)CCC2)[C@@H]1c1ccc(OCc2cccc(C(F)(F)F)c2)c(OC)c1. The van der Waals surface area contributed by atoms with Crippen LogP contribution in [0.1, 0.15) is 48.8 Å². The zero-order chi connectivity index (χ0) is 26.0. The molecular weight excluding hydrogens is 475 g/mol.